The molecule has 2 aromatic carbocycles. The van der Waals surface area contributed by atoms with Gasteiger partial charge in [0.05, 0.1) is 30.5 Å². The van der Waals surface area contributed by atoms with Gasteiger partial charge in [0.25, 0.3) is 0 Å². The van der Waals surface area contributed by atoms with Crippen LogP contribution >= 0.6 is 19.4 Å². The molecule has 1 aliphatic carbocycles. The van der Waals surface area contributed by atoms with Crippen molar-refractivity contribution in [3.05, 3.63) is 89.3 Å². The zero-order chi connectivity index (χ0) is 43.8. The molecule has 0 spiro atoms. The standard InChI is InChI=1S/C46H63ClN5O9P/c1-2-3-4-5-6-7-8-9-10-11-12-13-14-15-16-22-29-56-31-36(57-30-35-23-18-17-19-24-35)32-58-62(55,60-39-26-21-20-25-37(39)47)61-42-41-46(42,54)44(53)45(33-48,59-41)40-28-27-38-43(49)50-34-51-52(38)40/h17-21,23-28,34,36,41-42,44,53-54H,2-16,22,29-32H2,1H3,(H2,49,50,51)/t36-,41-,42?,44+,45+,46+,62?/m1/s1. The highest BCUT2D eigenvalue weighted by atomic mass is 35.5. The number of para-hydroxylation sites is 1. The van der Waals surface area contributed by atoms with Crippen LogP contribution in [0, 0.1) is 11.3 Å². The number of anilines is 1. The maximum Gasteiger partial charge on any atom is 0.530 e. The lowest BCUT2D eigenvalue weighted by molar-refractivity contribution is -0.106. The number of unbranched alkanes of at least 4 members (excludes halogenated alkanes) is 15. The van der Waals surface area contributed by atoms with E-state index in [1.54, 1.807) is 24.3 Å². The van der Waals surface area contributed by atoms with E-state index in [0.29, 0.717) is 12.1 Å². The predicted octanol–water partition coefficient (Wildman–Crippen LogP) is 9.64. The minimum Gasteiger partial charge on any atom is -0.402 e. The Morgan fingerprint density at radius 3 is 2.15 bits per heavy atom. The van der Waals surface area contributed by atoms with E-state index in [2.05, 4.69) is 17.0 Å². The number of fused-ring (bicyclic) bond motifs is 2. The van der Waals surface area contributed by atoms with Gasteiger partial charge in [-0.1, -0.05) is 157 Å². The summed E-state index contributed by atoms with van der Waals surface area (Å²) in [6.45, 7) is 2.88. The number of rotatable bonds is 30. The maximum atomic E-state index is 14.6. The van der Waals surface area contributed by atoms with Gasteiger partial charge in [-0.15, -0.1) is 0 Å². The van der Waals surface area contributed by atoms with Gasteiger partial charge >= 0.3 is 7.82 Å². The molecular weight excluding hydrogens is 833 g/mol. The molecule has 2 aliphatic rings. The molecule has 6 rings (SSSR count). The Hall–Kier alpha value is -3.61. The van der Waals surface area contributed by atoms with Gasteiger partial charge in [0, 0.05) is 6.61 Å². The molecule has 2 fully saturated rings. The number of phosphoric ester groups is 1. The third-order valence-corrected chi connectivity index (χ3v) is 13.4. The van der Waals surface area contributed by atoms with Crippen LogP contribution in [0.4, 0.5) is 5.82 Å². The van der Waals surface area contributed by atoms with Crippen molar-refractivity contribution < 1.29 is 42.6 Å². The normalized spacial score (nSPS) is 23.2. The molecule has 1 saturated heterocycles. The number of aromatic nitrogens is 3. The summed E-state index contributed by atoms with van der Waals surface area (Å²) in [4.78, 5) is 3.96. The molecule has 2 unspecified atom stereocenters. The topological polar surface area (TPSA) is 193 Å². The second-order valence-electron chi connectivity index (χ2n) is 16.4. The largest absolute Gasteiger partial charge is 0.530 e. The average Bonchev–Trinajstić information content (AvgIpc) is 3.50. The highest BCUT2D eigenvalue weighted by Crippen LogP contribution is 2.65. The fourth-order valence-electron chi connectivity index (χ4n) is 8.04. The van der Waals surface area contributed by atoms with Crippen molar-refractivity contribution >= 4 is 30.8 Å². The third kappa shape index (κ3) is 12.1. The summed E-state index contributed by atoms with van der Waals surface area (Å²) in [5.74, 6) is 0.143. The fourth-order valence-corrected chi connectivity index (χ4v) is 9.73. The number of aliphatic hydroxyl groups excluding tert-OH is 1. The Labute approximate surface area is 370 Å². The number of halogens is 1. The molecule has 14 nitrogen and oxygen atoms in total. The minimum atomic E-state index is -4.67. The Bertz CT molecular complexity index is 2070. The van der Waals surface area contributed by atoms with E-state index in [4.69, 9.17) is 45.1 Å². The molecule has 0 amide bonds. The number of nitrogens with two attached hydrogens (primary N) is 1. The van der Waals surface area contributed by atoms with Crippen molar-refractivity contribution in [3.63, 3.8) is 0 Å². The molecule has 338 valence electrons. The van der Waals surface area contributed by atoms with Crippen LogP contribution in [0.1, 0.15) is 121 Å². The van der Waals surface area contributed by atoms with Crippen LogP contribution in [0.15, 0.2) is 73.1 Å². The molecular formula is C46H63ClN5O9P. The molecule has 7 atom stereocenters. The number of aliphatic hydroxyl groups is 2. The summed E-state index contributed by atoms with van der Waals surface area (Å²) in [7, 11) is -4.67. The molecule has 2 aromatic heterocycles. The van der Waals surface area contributed by atoms with E-state index < -0.39 is 43.4 Å². The van der Waals surface area contributed by atoms with Crippen LogP contribution in [-0.4, -0.2) is 74.6 Å². The first-order valence-corrected chi connectivity index (χ1v) is 24.2. The number of nitriles is 1. The molecule has 3 heterocycles. The molecule has 0 bridgehead atoms. The molecule has 0 radical (unpaired) electrons. The van der Waals surface area contributed by atoms with Crippen LogP contribution in [0.3, 0.4) is 0 Å². The summed E-state index contributed by atoms with van der Waals surface area (Å²) in [6, 6.07) is 21.0. The lowest BCUT2D eigenvalue weighted by atomic mass is 9.90. The van der Waals surface area contributed by atoms with Gasteiger partial charge in [-0.05, 0) is 36.2 Å². The van der Waals surface area contributed by atoms with E-state index in [0.717, 1.165) is 24.8 Å². The Morgan fingerprint density at radius 2 is 1.53 bits per heavy atom. The lowest BCUT2D eigenvalue weighted by Gasteiger charge is -2.30. The molecule has 4 N–H and O–H groups in total. The summed E-state index contributed by atoms with van der Waals surface area (Å²) in [6.07, 6.45) is 16.4. The quantitative estimate of drug-likeness (QED) is 0.0331. The van der Waals surface area contributed by atoms with Gasteiger partial charge in [0.1, 0.15) is 48.1 Å². The zero-order valence-electron chi connectivity index (χ0n) is 35.8. The second-order valence-corrected chi connectivity index (χ2v) is 18.4. The van der Waals surface area contributed by atoms with E-state index in [1.165, 1.54) is 106 Å². The molecule has 16 heteroatoms. The molecule has 1 saturated carbocycles. The third-order valence-electron chi connectivity index (χ3n) is 11.7. The van der Waals surface area contributed by atoms with E-state index in [9.17, 15) is 20.0 Å². The zero-order valence-corrected chi connectivity index (χ0v) is 37.5. The monoisotopic (exact) mass is 895 g/mol. The van der Waals surface area contributed by atoms with Crippen molar-refractivity contribution in [2.45, 2.75) is 152 Å². The Morgan fingerprint density at radius 1 is 0.903 bits per heavy atom. The van der Waals surface area contributed by atoms with Gasteiger partial charge in [0.15, 0.2) is 11.4 Å². The Kier molecular flexibility index (Phi) is 18.0. The van der Waals surface area contributed by atoms with E-state index in [1.807, 2.05) is 36.4 Å². The highest BCUT2D eigenvalue weighted by Gasteiger charge is 2.84. The van der Waals surface area contributed by atoms with Crippen LogP contribution < -0.4 is 10.3 Å². The number of phosphoric acid groups is 1. The van der Waals surface area contributed by atoms with Crippen molar-refractivity contribution in [3.8, 4) is 11.8 Å². The first-order valence-electron chi connectivity index (χ1n) is 22.3. The maximum absolute atomic E-state index is 14.6. The number of nitrogen functional groups attached to an aromatic ring is 1. The summed E-state index contributed by atoms with van der Waals surface area (Å²) in [5.41, 5.74) is 3.14. The van der Waals surface area contributed by atoms with Crippen LogP contribution in [0.2, 0.25) is 5.02 Å². The number of benzene rings is 2. The van der Waals surface area contributed by atoms with Gasteiger partial charge < -0.3 is 34.7 Å². The number of nitrogens with zero attached hydrogens (tertiary/aromatic N) is 4. The second kappa shape index (κ2) is 23.4. The Balaban J connectivity index is 1.01. The predicted molar refractivity (Wildman–Crippen MR) is 236 cm³/mol. The fraction of sp³-hybridized carbons (Fsp3) is 0.587. The van der Waals surface area contributed by atoms with Crippen molar-refractivity contribution in [1.82, 2.24) is 14.6 Å². The van der Waals surface area contributed by atoms with Gasteiger partial charge in [0.2, 0.25) is 5.60 Å². The van der Waals surface area contributed by atoms with Crippen molar-refractivity contribution in [2.24, 2.45) is 0 Å². The van der Waals surface area contributed by atoms with Crippen LogP contribution in [0.5, 0.6) is 5.75 Å². The van der Waals surface area contributed by atoms with Gasteiger partial charge in [-0.25, -0.2) is 14.1 Å². The number of ether oxygens (including phenoxy) is 3. The van der Waals surface area contributed by atoms with Crippen molar-refractivity contribution in [1.29, 1.82) is 5.26 Å². The van der Waals surface area contributed by atoms with Crippen LogP contribution in [0.25, 0.3) is 5.52 Å². The number of hydrogen-bond donors (Lipinski definition) is 3. The van der Waals surface area contributed by atoms with Crippen LogP contribution in [-0.2, 0) is 40.0 Å². The van der Waals surface area contributed by atoms with E-state index in [-0.39, 0.29) is 42.1 Å². The highest BCUT2D eigenvalue weighted by molar-refractivity contribution is 7.49. The average molecular weight is 896 g/mol. The number of hydrogen-bond acceptors (Lipinski definition) is 13. The van der Waals surface area contributed by atoms with E-state index >= 15 is 0 Å². The SMILES string of the molecule is CCCCCCCCCCCCCCCCCCOC[C@H](COP(=O)(Oc1ccccc1Cl)OC1[C@H]2O[C@@](C#N)(c3ccc4c(N)ncnn34)[C@H](O)[C@@]12O)OCc1ccccc1. The smallest absolute Gasteiger partial charge is 0.402 e. The lowest BCUT2D eigenvalue weighted by Crippen LogP contribution is -2.47. The van der Waals surface area contributed by atoms with Gasteiger partial charge in [-0.3, -0.25) is 9.05 Å². The minimum absolute atomic E-state index is 0.00145. The molecule has 1 aliphatic heterocycles. The summed E-state index contributed by atoms with van der Waals surface area (Å²) in [5, 5.41) is 38.0. The molecule has 4 aromatic rings. The summed E-state index contributed by atoms with van der Waals surface area (Å²) < 4.78 is 51.9. The van der Waals surface area contributed by atoms with Crippen molar-refractivity contribution in [2.75, 3.05) is 25.6 Å². The molecule has 62 heavy (non-hydrogen) atoms. The van der Waals surface area contributed by atoms with Gasteiger partial charge in [-0.2, -0.15) is 10.4 Å². The first-order chi connectivity index (χ1) is 30.1. The first kappa shape index (κ1) is 47.9. The summed E-state index contributed by atoms with van der Waals surface area (Å²) >= 11 is 6.40.